The first-order chi connectivity index (χ1) is 10.4. The molecule has 0 aliphatic carbocycles. The maximum absolute atomic E-state index is 6.11. The van der Waals surface area contributed by atoms with Gasteiger partial charge in [0.15, 0.2) is 4.73 Å². The fraction of sp³-hybridized carbons (Fsp3) is 0. The highest BCUT2D eigenvalue weighted by Crippen LogP contribution is 2.24. The lowest BCUT2D eigenvalue weighted by Gasteiger charge is -2.21. The maximum atomic E-state index is 6.11. The summed E-state index contributed by atoms with van der Waals surface area (Å²) in [5.74, 6) is 0. The van der Waals surface area contributed by atoms with Gasteiger partial charge in [0.2, 0.25) is 0 Å². The number of benzene rings is 2. The highest BCUT2D eigenvalue weighted by molar-refractivity contribution is 9.10. The molecule has 0 spiro atoms. The van der Waals surface area contributed by atoms with Crippen LogP contribution in [-0.2, 0) is 0 Å². The molecule has 22 heavy (non-hydrogen) atoms. The van der Waals surface area contributed by atoms with E-state index in [4.69, 9.17) is 39.2 Å². The summed E-state index contributed by atoms with van der Waals surface area (Å²) in [5.41, 5.74) is 2.82. The monoisotopic (exact) mass is 334 g/mol. The van der Waals surface area contributed by atoms with E-state index < -0.39 is 0 Å². The van der Waals surface area contributed by atoms with Crippen molar-refractivity contribution in [1.82, 2.24) is 9.97 Å². The Bertz CT molecular complexity index is 884. The van der Waals surface area contributed by atoms with E-state index in [1.807, 2.05) is 24.3 Å². The van der Waals surface area contributed by atoms with Crippen LogP contribution in [0.4, 0.5) is 0 Å². The van der Waals surface area contributed by atoms with Crippen molar-refractivity contribution in [3.8, 4) is 11.3 Å². The Morgan fingerprint density at radius 3 is 1.91 bits per heavy atom. The molecule has 0 bridgehead atoms. The molecule has 3 rings (SSSR count). The summed E-state index contributed by atoms with van der Waals surface area (Å²) in [6.07, 6.45) is 0. The third kappa shape index (κ3) is 2.34. The second-order valence-electron chi connectivity index (χ2n) is 4.80. The van der Waals surface area contributed by atoms with Gasteiger partial charge in [0.05, 0.1) is 11.2 Å². The van der Waals surface area contributed by atoms with Crippen LogP contribution in [-0.4, -0.2) is 49.2 Å². The summed E-state index contributed by atoms with van der Waals surface area (Å²) >= 11 is 3.29. The Balaban J connectivity index is 2.48. The average molecular weight is 334 g/mol. The smallest absolute Gasteiger partial charge is 0.197 e. The zero-order chi connectivity index (χ0) is 16.0. The van der Waals surface area contributed by atoms with Gasteiger partial charge >= 0.3 is 0 Å². The third-order valence-electron chi connectivity index (χ3n) is 3.51. The second-order valence-corrected chi connectivity index (χ2v) is 5.51. The SMILES string of the molecule is [B]c1c([B])c([B])c(-c2nc(Br)nc3ccccc23)c([B])c1[B]. The van der Waals surface area contributed by atoms with Crippen LogP contribution in [0.25, 0.3) is 22.2 Å². The van der Waals surface area contributed by atoms with Crippen molar-refractivity contribution < 1.29 is 0 Å². The molecule has 0 atom stereocenters. The molecule has 1 aromatic heterocycles. The topological polar surface area (TPSA) is 25.8 Å². The predicted octanol–water partition coefficient (Wildman–Crippen LogP) is -1.97. The lowest BCUT2D eigenvalue weighted by Crippen LogP contribution is -2.55. The lowest BCUT2D eigenvalue weighted by molar-refractivity contribution is 1.17. The fourth-order valence-corrected chi connectivity index (χ4v) is 2.71. The molecule has 0 saturated heterocycles. The number of para-hydroxylation sites is 1. The summed E-state index contributed by atoms with van der Waals surface area (Å²) in [4.78, 5) is 8.72. The zero-order valence-corrected chi connectivity index (χ0v) is 13.1. The molecule has 0 aliphatic rings. The van der Waals surface area contributed by atoms with E-state index in [0.29, 0.717) is 16.0 Å². The molecule has 2 aromatic carbocycles. The first-order valence-electron chi connectivity index (χ1n) is 6.35. The van der Waals surface area contributed by atoms with Crippen molar-refractivity contribution in [2.75, 3.05) is 0 Å². The molecule has 10 radical (unpaired) electrons. The molecule has 0 aliphatic heterocycles. The summed E-state index contributed by atoms with van der Waals surface area (Å²) in [7, 11) is 29.9. The first-order valence-corrected chi connectivity index (χ1v) is 7.15. The fourth-order valence-electron chi connectivity index (χ4n) is 2.34. The van der Waals surface area contributed by atoms with Crippen LogP contribution in [0.5, 0.6) is 0 Å². The van der Waals surface area contributed by atoms with Gasteiger partial charge in [-0.05, 0) is 27.6 Å². The van der Waals surface area contributed by atoms with E-state index in [1.165, 1.54) is 0 Å². The Morgan fingerprint density at radius 1 is 0.727 bits per heavy atom. The van der Waals surface area contributed by atoms with Gasteiger partial charge < -0.3 is 0 Å². The molecule has 0 N–H and O–H groups in total. The summed E-state index contributed by atoms with van der Waals surface area (Å²) in [6.45, 7) is 0. The standard InChI is InChI=1S/C14H4B5BrN2/c15-8-7(9(16)11(18)12(19)10(8)17)13-5-3-1-2-4-6(5)21-14(20)22-13/h1-4H. The van der Waals surface area contributed by atoms with Crippen molar-refractivity contribution in [1.29, 1.82) is 0 Å². The van der Waals surface area contributed by atoms with E-state index in [2.05, 4.69) is 25.9 Å². The van der Waals surface area contributed by atoms with E-state index in [1.54, 1.807) is 0 Å². The number of nitrogens with zero attached hydrogens (tertiary/aromatic N) is 2. The molecule has 0 saturated carbocycles. The number of hydrogen-bond acceptors (Lipinski definition) is 2. The summed E-state index contributed by atoms with van der Waals surface area (Å²) in [6, 6.07) is 7.49. The van der Waals surface area contributed by atoms with Gasteiger partial charge in [0.1, 0.15) is 39.2 Å². The largest absolute Gasteiger partial charge is 0.222 e. The molecule has 1 heterocycles. The Kier molecular flexibility index (Phi) is 3.98. The number of hydrogen-bond donors (Lipinski definition) is 0. The maximum Gasteiger partial charge on any atom is 0.197 e. The molecular weight excluding hydrogens is 330 g/mol. The highest BCUT2D eigenvalue weighted by Gasteiger charge is 2.16. The minimum Gasteiger partial charge on any atom is -0.222 e. The van der Waals surface area contributed by atoms with Crippen LogP contribution >= 0.6 is 15.9 Å². The number of fused-ring (bicyclic) bond motifs is 1. The van der Waals surface area contributed by atoms with E-state index in [-0.39, 0.29) is 27.3 Å². The van der Waals surface area contributed by atoms with Crippen LogP contribution in [0.3, 0.4) is 0 Å². The average Bonchev–Trinajstić information content (AvgIpc) is 2.51. The molecule has 2 nitrogen and oxygen atoms in total. The third-order valence-corrected chi connectivity index (χ3v) is 3.87. The van der Waals surface area contributed by atoms with Crippen molar-refractivity contribution in [2.24, 2.45) is 0 Å². The highest BCUT2D eigenvalue weighted by atomic mass is 79.9. The molecule has 0 fully saturated rings. The Hall–Kier alpha value is -1.42. The lowest BCUT2D eigenvalue weighted by atomic mass is 9.60. The Morgan fingerprint density at radius 2 is 1.27 bits per heavy atom. The molecule has 0 amide bonds. The van der Waals surface area contributed by atoms with Gasteiger partial charge in [-0.3, -0.25) is 0 Å². The van der Waals surface area contributed by atoms with Crippen LogP contribution in [0, 0.1) is 0 Å². The normalized spacial score (nSPS) is 11.0. The van der Waals surface area contributed by atoms with Crippen LogP contribution in [0.1, 0.15) is 0 Å². The zero-order valence-electron chi connectivity index (χ0n) is 11.5. The van der Waals surface area contributed by atoms with Crippen LogP contribution < -0.4 is 27.3 Å². The van der Waals surface area contributed by atoms with Crippen LogP contribution in [0.15, 0.2) is 29.0 Å². The second kappa shape index (κ2) is 5.66. The number of aromatic nitrogens is 2. The van der Waals surface area contributed by atoms with Gasteiger partial charge in [-0.1, -0.05) is 29.1 Å². The molecule has 3 aromatic rings. The minimum absolute atomic E-state index is 0.177. The molecular formula is C14H4B5BrN2. The molecule has 0 unspecified atom stereocenters. The van der Waals surface area contributed by atoms with Gasteiger partial charge in [0, 0.05) is 5.39 Å². The van der Waals surface area contributed by atoms with Crippen molar-refractivity contribution >= 4 is 93.4 Å². The van der Waals surface area contributed by atoms with E-state index in [9.17, 15) is 0 Å². The number of halogens is 1. The van der Waals surface area contributed by atoms with E-state index >= 15 is 0 Å². The first kappa shape index (κ1) is 15.5. The van der Waals surface area contributed by atoms with Crippen LogP contribution in [0.2, 0.25) is 0 Å². The quantitative estimate of drug-likeness (QED) is 0.381. The predicted molar refractivity (Wildman–Crippen MR) is 99.6 cm³/mol. The van der Waals surface area contributed by atoms with Crippen molar-refractivity contribution in [3.05, 3.63) is 29.0 Å². The number of rotatable bonds is 1. The summed E-state index contributed by atoms with van der Waals surface area (Å²) in [5, 5.41) is 0.785. The van der Waals surface area contributed by atoms with Crippen molar-refractivity contribution in [2.45, 2.75) is 0 Å². The van der Waals surface area contributed by atoms with E-state index in [0.717, 1.165) is 10.9 Å². The van der Waals surface area contributed by atoms with Gasteiger partial charge in [0.25, 0.3) is 0 Å². The van der Waals surface area contributed by atoms with Gasteiger partial charge in [-0.25, -0.2) is 9.97 Å². The summed E-state index contributed by atoms with van der Waals surface area (Å²) < 4.78 is 0.411. The molecule has 92 valence electrons. The minimum atomic E-state index is 0.177. The van der Waals surface area contributed by atoms with Crippen molar-refractivity contribution in [3.63, 3.8) is 0 Å². The van der Waals surface area contributed by atoms with Gasteiger partial charge in [-0.15, -0.1) is 16.4 Å². The molecule has 8 heteroatoms. The van der Waals surface area contributed by atoms with Gasteiger partial charge in [-0.2, -0.15) is 0 Å². The Labute approximate surface area is 143 Å².